The van der Waals surface area contributed by atoms with Crippen molar-refractivity contribution in [1.29, 1.82) is 5.26 Å². The lowest BCUT2D eigenvalue weighted by Crippen LogP contribution is -2.38. The van der Waals surface area contributed by atoms with E-state index in [0.29, 0.717) is 28.5 Å². The molecular formula is C21H21N5OS2. The van der Waals surface area contributed by atoms with Gasteiger partial charge in [-0.05, 0) is 31.1 Å². The third-order valence-corrected chi connectivity index (χ3v) is 7.10. The maximum absolute atomic E-state index is 13.0. The number of anilines is 1. The van der Waals surface area contributed by atoms with Crippen molar-refractivity contribution in [3.63, 3.8) is 0 Å². The van der Waals surface area contributed by atoms with Gasteiger partial charge < -0.3 is 5.73 Å². The molecule has 1 aromatic heterocycles. The number of nitrogens with zero attached hydrogens (tertiary/aromatic N) is 4. The zero-order valence-electron chi connectivity index (χ0n) is 16.3. The van der Waals surface area contributed by atoms with Crippen molar-refractivity contribution in [3.05, 3.63) is 58.1 Å². The molecule has 0 radical (unpaired) electrons. The molecule has 148 valence electrons. The van der Waals surface area contributed by atoms with E-state index in [2.05, 4.69) is 23.2 Å². The first-order chi connectivity index (χ1) is 14.0. The van der Waals surface area contributed by atoms with Gasteiger partial charge in [-0.3, -0.25) is 9.69 Å². The van der Waals surface area contributed by atoms with Crippen molar-refractivity contribution in [2.24, 2.45) is 5.73 Å². The Morgan fingerprint density at radius 1 is 1.31 bits per heavy atom. The fourth-order valence-corrected chi connectivity index (χ4v) is 5.65. The summed E-state index contributed by atoms with van der Waals surface area (Å²) in [7, 11) is 0. The number of rotatable bonds is 4. The molecule has 0 saturated heterocycles. The molecule has 2 N–H and O–H groups in total. The first-order valence-corrected chi connectivity index (χ1v) is 11.3. The Morgan fingerprint density at radius 3 is 2.76 bits per heavy atom. The van der Waals surface area contributed by atoms with E-state index in [-0.39, 0.29) is 5.78 Å². The number of nitriles is 1. The lowest BCUT2D eigenvalue weighted by Gasteiger charge is -2.38. The predicted molar refractivity (Wildman–Crippen MR) is 115 cm³/mol. The molecule has 0 amide bonds. The lowest BCUT2D eigenvalue weighted by atomic mass is 9.75. The van der Waals surface area contributed by atoms with Gasteiger partial charge in [0.2, 0.25) is 5.13 Å². The van der Waals surface area contributed by atoms with E-state index in [1.165, 1.54) is 11.3 Å². The number of hydrogen-bond donors (Lipinski definition) is 1. The summed E-state index contributed by atoms with van der Waals surface area (Å²) in [4.78, 5) is 14.8. The number of hydrogen-bond acceptors (Lipinski definition) is 8. The Balaban J connectivity index is 1.90. The van der Waals surface area contributed by atoms with Crippen LogP contribution < -0.4 is 10.6 Å². The third-order valence-electron chi connectivity index (χ3n) is 5.18. The summed E-state index contributed by atoms with van der Waals surface area (Å²) >= 11 is 3.04. The Labute approximate surface area is 178 Å². The molecule has 6 nitrogen and oxygen atoms in total. The molecule has 2 heterocycles. The molecule has 2 aliphatic rings. The average molecular weight is 424 g/mol. The number of carbonyl (C=O) groups excluding carboxylic acids is 1. The van der Waals surface area contributed by atoms with E-state index >= 15 is 0 Å². The van der Waals surface area contributed by atoms with Crippen molar-refractivity contribution >= 4 is 34.0 Å². The second kappa shape index (κ2) is 8.01. The molecule has 1 aromatic carbocycles. The van der Waals surface area contributed by atoms with Crippen LogP contribution >= 0.6 is 23.1 Å². The van der Waals surface area contributed by atoms with Gasteiger partial charge in [-0.2, -0.15) is 5.26 Å². The van der Waals surface area contributed by atoms with E-state index in [9.17, 15) is 10.1 Å². The highest BCUT2D eigenvalue weighted by atomic mass is 32.2. The quantitative estimate of drug-likeness (QED) is 0.734. The van der Waals surface area contributed by atoms with Gasteiger partial charge in [-0.25, -0.2) is 0 Å². The first-order valence-electron chi connectivity index (χ1n) is 9.54. The van der Waals surface area contributed by atoms with Crippen molar-refractivity contribution in [2.75, 3.05) is 10.7 Å². The normalized spacial score (nSPS) is 19.4. The van der Waals surface area contributed by atoms with Crippen LogP contribution in [0, 0.1) is 18.3 Å². The molecule has 4 rings (SSSR count). The van der Waals surface area contributed by atoms with E-state index in [0.717, 1.165) is 39.8 Å². The molecule has 0 bridgehead atoms. The van der Waals surface area contributed by atoms with Gasteiger partial charge in [-0.15, -0.1) is 10.2 Å². The van der Waals surface area contributed by atoms with E-state index in [1.807, 2.05) is 31.2 Å². The first kappa shape index (κ1) is 19.7. The summed E-state index contributed by atoms with van der Waals surface area (Å²) in [5.74, 6) is 0.883. The average Bonchev–Trinajstić information content (AvgIpc) is 3.16. The standard InChI is InChI=1S/C21H21N5OS2/c1-3-28-21-25-24-20(29-21)26-15-5-4-6-16(27)18(15)17(14(11-22)19(26)23)13-9-7-12(2)8-10-13/h7-10,17H,3-6,23H2,1-2H3. The van der Waals surface area contributed by atoms with E-state index in [1.54, 1.807) is 16.7 Å². The van der Waals surface area contributed by atoms with Crippen LogP contribution in [0.25, 0.3) is 0 Å². The van der Waals surface area contributed by atoms with Crippen LogP contribution in [0.1, 0.15) is 43.2 Å². The van der Waals surface area contributed by atoms with Gasteiger partial charge in [-0.1, -0.05) is 59.9 Å². The Hall–Kier alpha value is -2.63. The number of allylic oxidation sites excluding steroid dienone is 3. The van der Waals surface area contributed by atoms with Crippen LogP contribution in [0.3, 0.4) is 0 Å². The van der Waals surface area contributed by atoms with Crippen LogP contribution in [-0.2, 0) is 4.79 Å². The highest BCUT2D eigenvalue weighted by molar-refractivity contribution is 8.01. The Bertz CT molecular complexity index is 1060. The summed E-state index contributed by atoms with van der Waals surface area (Å²) in [6.07, 6.45) is 1.97. The fourth-order valence-electron chi connectivity index (χ4n) is 3.87. The molecule has 8 heteroatoms. The predicted octanol–water partition coefficient (Wildman–Crippen LogP) is 4.26. The molecule has 0 saturated carbocycles. The van der Waals surface area contributed by atoms with Crippen LogP contribution in [-0.4, -0.2) is 21.7 Å². The molecule has 0 spiro atoms. The van der Waals surface area contributed by atoms with Gasteiger partial charge in [0.15, 0.2) is 10.1 Å². The van der Waals surface area contributed by atoms with Crippen LogP contribution in [0.15, 0.2) is 51.3 Å². The van der Waals surface area contributed by atoms with Crippen LogP contribution in [0.2, 0.25) is 0 Å². The van der Waals surface area contributed by atoms with E-state index < -0.39 is 5.92 Å². The van der Waals surface area contributed by atoms with Crippen molar-refractivity contribution < 1.29 is 4.79 Å². The summed E-state index contributed by atoms with van der Waals surface area (Å²) in [6, 6.07) is 10.2. The van der Waals surface area contributed by atoms with Gasteiger partial charge in [0, 0.05) is 17.7 Å². The molecular weight excluding hydrogens is 402 g/mol. The minimum atomic E-state index is -0.433. The number of benzene rings is 1. The van der Waals surface area contributed by atoms with Gasteiger partial charge >= 0.3 is 0 Å². The highest BCUT2D eigenvalue weighted by Gasteiger charge is 2.41. The molecule has 1 atom stereocenters. The molecule has 1 aliphatic carbocycles. The lowest BCUT2D eigenvalue weighted by molar-refractivity contribution is -0.116. The molecule has 29 heavy (non-hydrogen) atoms. The zero-order valence-corrected chi connectivity index (χ0v) is 17.9. The number of aromatic nitrogens is 2. The second-order valence-electron chi connectivity index (χ2n) is 7.01. The van der Waals surface area contributed by atoms with Crippen molar-refractivity contribution in [3.8, 4) is 6.07 Å². The molecule has 1 unspecified atom stereocenters. The number of aryl methyl sites for hydroxylation is 1. The summed E-state index contributed by atoms with van der Waals surface area (Å²) < 4.78 is 0.846. The minimum absolute atomic E-state index is 0.0785. The number of thioether (sulfide) groups is 1. The van der Waals surface area contributed by atoms with E-state index in [4.69, 9.17) is 5.73 Å². The summed E-state index contributed by atoms with van der Waals surface area (Å²) in [5.41, 5.74) is 10.5. The Morgan fingerprint density at radius 2 is 2.07 bits per heavy atom. The largest absolute Gasteiger partial charge is 0.384 e. The van der Waals surface area contributed by atoms with Gasteiger partial charge in [0.25, 0.3) is 0 Å². The zero-order chi connectivity index (χ0) is 20.5. The second-order valence-corrected chi connectivity index (χ2v) is 9.48. The van der Waals surface area contributed by atoms with Crippen LogP contribution in [0.4, 0.5) is 5.13 Å². The van der Waals surface area contributed by atoms with Crippen molar-refractivity contribution in [1.82, 2.24) is 10.2 Å². The number of nitrogens with two attached hydrogens (primary N) is 1. The topological polar surface area (TPSA) is 95.9 Å². The Kier molecular flexibility index (Phi) is 5.43. The SMILES string of the molecule is CCSc1nnc(N2C(N)=C(C#N)C(c3ccc(C)cc3)C3=C2CCCC3=O)s1. The molecule has 0 fully saturated rings. The number of Topliss-reactive ketones (excluding diaryl/α,β-unsaturated/α-hetero) is 1. The fraction of sp³-hybridized carbons (Fsp3) is 0.333. The smallest absolute Gasteiger partial charge is 0.219 e. The van der Waals surface area contributed by atoms with Crippen LogP contribution in [0.5, 0.6) is 0 Å². The monoisotopic (exact) mass is 423 g/mol. The summed E-state index contributed by atoms with van der Waals surface area (Å²) in [6.45, 7) is 4.07. The minimum Gasteiger partial charge on any atom is -0.384 e. The highest BCUT2D eigenvalue weighted by Crippen LogP contribution is 2.47. The number of carbonyl (C=O) groups is 1. The molecule has 1 aliphatic heterocycles. The summed E-state index contributed by atoms with van der Waals surface area (Å²) in [5, 5.41) is 19.1. The maximum atomic E-state index is 13.0. The number of ketones is 1. The van der Waals surface area contributed by atoms with Gasteiger partial charge in [0.05, 0.1) is 17.6 Å². The van der Waals surface area contributed by atoms with Gasteiger partial charge in [0.1, 0.15) is 5.82 Å². The van der Waals surface area contributed by atoms with Crippen molar-refractivity contribution in [2.45, 2.75) is 43.4 Å². The maximum Gasteiger partial charge on any atom is 0.219 e. The third kappa shape index (κ3) is 3.45. The molecule has 2 aromatic rings.